The van der Waals surface area contributed by atoms with E-state index in [4.69, 9.17) is 4.52 Å². The van der Waals surface area contributed by atoms with Gasteiger partial charge in [-0.25, -0.2) is 0 Å². The Morgan fingerprint density at radius 2 is 0.809 bits per heavy atom. The molecule has 5 nitrogen and oxygen atoms in total. The SMILES string of the molecule is CCCCCCCC/C=C\CCCCCCCCC(CCCCCCCC/C=C\CCCCCCCC)(C[N+](C)(C)C)OP(=O)([O-])O. The maximum absolute atomic E-state index is 12.0. The molecule has 6 heteroatoms. The molecule has 0 radical (unpaired) electrons. The van der Waals surface area contributed by atoms with E-state index in [-0.39, 0.29) is 0 Å². The third kappa shape index (κ3) is 35.2. The van der Waals surface area contributed by atoms with Gasteiger partial charge in [-0.1, -0.05) is 167 Å². The van der Waals surface area contributed by atoms with Crippen LogP contribution in [0.1, 0.15) is 206 Å². The van der Waals surface area contributed by atoms with Gasteiger partial charge in [-0.05, 0) is 64.2 Å². The lowest BCUT2D eigenvalue weighted by Crippen LogP contribution is -2.51. The van der Waals surface area contributed by atoms with Crippen LogP contribution in [-0.4, -0.2) is 42.7 Å². The van der Waals surface area contributed by atoms with E-state index in [1.54, 1.807) is 0 Å². The number of likely N-dealkylation sites (N-methyl/N-ethyl adjacent to an activating group) is 1. The van der Waals surface area contributed by atoms with Crippen molar-refractivity contribution >= 4 is 7.82 Å². The fourth-order valence-corrected chi connectivity index (χ4v) is 7.63. The monoisotopic (exact) mass is 684 g/mol. The van der Waals surface area contributed by atoms with Crippen molar-refractivity contribution in [2.24, 2.45) is 0 Å². The van der Waals surface area contributed by atoms with E-state index in [1.807, 2.05) is 0 Å². The van der Waals surface area contributed by atoms with Crippen LogP contribution in [0.2, 0.25) is 0 Å². The second kappa shape index (κ2) is 31.5. The van der Waals surface area contributed by atoms with Gasteiger partial charge in [-0.15, -0.1) is 0 Å². The molecule has 0 fully saturated rings. The summed E-state index contributed by atoms with van der Waals surface area (Å²) in [6, 6.07) is 0. The Hall–Kier alpha value is -0.450. The quantitative estimate of drug-likeness (QED) is 0.0309. The van der Waals surface area contributed by atoms with Crippen LogP contribution in [-0.2, 0) is 9.09 Å². The first-order chi connectivity index (χ1) is 22.5. The van der Waals surface area contributed by atoms with Gasteiger partial charge in [-0.3, -0.25) is 4.57 Å². The molecule has 0 aromatic rings. The highest BCUT2D eigenvalue weighted by Crippen LogP contribution is 2.43. The molecule has 280 valence electrons. The minimum absolute atomic E-state index is 0.579. The van der Waals surface area contributed by atoms with E-state index in [2.05, 4.69) is 59.3 Å². The molecule has 0 saturated carbocycles. The van der Waals surface area contributed by atoms with Crippen LogP contribution in [0.15, 0.2) is 24.3 Å². The zero-order valence-electron chi connectivity index (χ0n) is 32.3. The third-order valence-corrected chi connectivity index (χ3v) is 9.98. The average Bonchev–Trinajstić information content (AvgIpc) is 2.99. The van der Waals surface area contributed by atoms with Gasteiger partial charge in [0, 0.05) is 0 Å². The lowest BCUT2D eigenvalue weighted by Gasteiger charge is -2.41. The summed E-state index contributed by atoms with van der Waals surface area (Å²) in [6.45, 7) is 5.12. The number of phosphoric acid groups is 1. The Morgan fingerprint density at radius 1 is 0.532 bits per heavy atom. The van der Waals surface area contributed by atoms with Gasteiger partial charge < -0.3 is 18.8 Å². The fourth-order valence-electron chi connectivity index (χ4n) is 6.90. The largest absolute Gasteiger partial charge is 0.756 e. The first-order valence-corrected chi connectivity index (χ1v) is 21.9. The zero-order chi connectivity index (χ0) is 35.0. The molecule has 0 saturated heterocycles. The molecular weight excluding hydrogens is 601 g/mol. The lowest BCUT2D eigenvalue weighted by atomic mass is 9.88. The summed E-state index contributed by atoms with van der Waals surface area (Å²) in [7, 11) is 1.41. The molecule has 0 aromatic carbocycles. The number of rotatable bonds is 36. The van der Waals surface area contributed by atoms with E-state index in [0.717, 1.165) is 25.7 Å². The van der Waals surface area contributed by atoms with E-state index in [9.17, 15) is 14.4 Å². The summed E-state index contributed by atoms with van der Waals surface area (Å²) in [5, 5.41) is 0. The highest BCUT2D eigenvalue weighted by atomic mass is 31.2. The number of hydrogen-bond acceptors (Lipinski definition) is 3. The first-order valence-electron chi connectivity index (χ1n) is 20.4. The summed E-state index contributed by atoms with van der Waals surface area (Å²) in [5.74, 6) is 0. The van der Waals surface area contributed by atoms with Gasteiger partial charge >= 0.3 is 0 Å². The molecule has 0 aliphatic carbocycles. The Kier molecular flexibility index (Phi) is 31.2. The maximum Gasteiger partial charge on any atom is 0.265 e. The number of nitrogens with zero attached hydrogens (tertiary/aromatic N) is 1. The van der Waals surface area contributed by atoms with Crippen LogP contribution in [0.3, 0.4) is 0 Å². The van der Waals surface area contributed by atoms with Gasteiger partial charge in [0.25, 0.3) is 7.82 Å². The number of unbranched alkanes of at least 4 members (excludes halogenated alkanes) is 24. The predicted octanol–water partition coefficient (Wildman–Crippen LogP) is 12.8. The van der Waals surface area contributed by atoms with Crippen LogP contribution in [0.5, 0.6) is 0 Å². The molecule has 0 heterocycles. The van der Waals surface area contributed by atoms with E-state index in [1.165, 1.54) is 154 Å². The first kappa shape index (κ1) is 46.5. The normalized spacial score (nSPS) is 14.1. The topological polar surface area (TPSA) is 69.6 Å². The van der Waals surface area contributed by atoms with Crippen molar-refractivity contribution in [1.29, 1.82) is 0 Å². The van der Waals surface area contributed by atoms with Crippen molar-refractivity contribution in [2.75, 3.05) is 27.7 Å². The molecule has 0 aliphatic rings. The Morgan fingerprint density at radius 3 is 1.09 bits per heavy atom. The van der Waals surface area contributed by atoms with Crippen molar-refractivity contribution in [1.82, 2.24) is 0 Å². The summed E-state index contributed by atoms with van der Waals surface area (Å²) < 4.78 is 18.2. The van der Waals surface area contributed by atoms with Crippen molar-refractivity contribution in [3.63, 3.8) is 0 Å². The number of quaternary nitrogens is 1. The van der Waals surface area contributed by atoms with Crippen LogP contribution in [0.4, 0.5) is 0 Å². The Labute approximate surface area is 294 Å². The Bertz CT molecular complexity index is 728. The van der Waals surface area contributed by atoms with E-state index in [0.29, 0.717) is 23.9 Å². The van der Waals surface area contributed by atoms with E-state index >= 15 is 0 Å². The van der Waals surface area contributed by atoms with Crippen LogP contribution in [0, 0.1) is 0 Å². The zero-order valence-corrected chi connectivity index (χ0v) is 33.2. The molecule has 0 bridgehead atoms. The van der Waals surface area contributed by atoms with Gasteiger partial charge in [0.05, 0.1) is 21.1 Å². The molecule has 1 atom stereocenters. The minimum Gasteiger partial charge on any atom is -0.756 e. The minimum atomic E-state index is -4.83. The molecule has 1 N–H and O–H groups in total. The molecule has 1 unspecified atom stereocenters. The van der Waals surface area contributed by atoms with Crippen LogP contribution in [0.25, 0.3) is 0 Å². The van der Waals surface area contributed by atoms with Gasteiger partial charge in [0.2, 0.25) is 0 Å². The molecule has 47 heavy (non-hydrogen) atoms. The van der Waals surface area contributed by atoms with Crippen molar-refractivity contribution in [3.05, 3.63) is 24.3 Å². The molecule has 0 spiro atoms. The number of phosphoric ester groups is 1. The van der Waals surface area contributed by atoms with Crippen molar-refractivity contribution in [3.8, 4) is 0 Å². The number of hydrogen-bond donors (Lipinski definition) is 1. The molecule has 0 amide bonds. The summed E-state index contributed by atoms with van der Waals surface area (Å²) in [6.07, 6.45) is 45.9. The number of allylic oxidation sites excluding steroid dienone is 4. The van der Waals surface area contributed by atoms with Gasteiger partial charge in [0.15, 0.2) is 0 Å². The molecule has 0 aromatic heterocycles. The fraction of sp³-hybridized carbons (Fsp3) is 0.902. The summed E-state index contributed by atoms with van der Waals surface area (Å²) in [4.78, 5) is 21.8. The standard InChI is InChI=1S/C41H82NO4P/c1-6-8-10-12-14-16-18-20-22-24-26-28-30-32-34-36-38-41(40-42(3,4)5,46-47(43,44)45)39-37-35-33-31-29-27-25-23-21-19-17-15-13-11-9-7-2/h20-23H,6-19,24-40H2,1-5H3,(H-,43,44,45)/b22-20-,23-21-. The average molecular weight is 684 g/mol. The smallest absolute Gasteiger partial charge is 0.265 e. The highest BCUT2D eigenvalue weighted by molar-refractivity contribution is 7.44. The molecule has 0 aliphatic heterocycles. The van der Waals surface area contributed by atoms with Crippen LogP contribution < -0.4 is 4.89 Å². The lowest BCUT2D eigenvalue weighted by molar-refractivity contribution is -0.876. The highest BCUT2D eigenvalue weighted by Gasteiger charge is 2.39. The van der Waals surface area contributed by atoms with Crippen molar-refractivity contribution in [2.45, 2.75) is 212 Å². The maximum atomic E-state index is 12.0. The second-order valence-corrected chi connectivity index (χ2v) is 16.7. The molecular formula is C41H82NO4P. The van der Waals surface area contributed by atoms with Gasteiger partial charge in [-0.2, -0.15) is 0 Å². The molecule has 0 rings (SSSR count). The van der Waals surface area contributed by atoms with Crippen LogP contribution >= 0.6 is 7.82 Å². The summed E-state index contributed by atoms with van der Waals surface area (Å²) >= 11 is 0. The second-order valence-electron chi connectivity index (χ2n) is 15.6. The van der Waals surface area contributed by atoms with Crippen molar-refractivity contribution < 1.29 is 23.4 Å². The third-order valence-electron chi connectivity index (χ3n) is 9.36. The predicted molar refractivity (Wildman–Crippen MR) is 205 cm³/mol. The summed E-state index contributed by atoms with van der Waals surface area (Å²) in [5.41, 5.74) is -0.828. The Balaban J connectivity index is 4.30. The van der Waals surface area contributed by atoms with E-state index < -0.39 is 13.4 Å². The van der Waals surface area contributed by atoms with Gasteiger partial charge in [0.1, 0.15) is 12.1 Å².